The van der Waals surface area contributed by atoms with E-state index in [4.69, 9.17) is 10.8 Å². The maximum Gasteiger partial charge on any atom is 0.264 e. The third-order valence-corrected chi connectivity index (χ3v) is 9.55. The van der Waals surface area contributed by atoms with Crippen molar-refractivity contribution in [2.45, 2.75) is 44.4 Å². The summed E-state index contributed by atoms with van der Waals surface area (Å²) in [4.78, 5) is 15.2. The van der Waals surface area contributed by atoms with Crippen molar-refractivity contribution in [2.75, 3.05) is 29.5 Å². The Balaban J connectivity index is 1.61. The van der Waals surface area contributed by atoms with Crippen LogP contribution in [-0.4, -0.2) is 56.6 Å². The van der Waals surface area contributed by atoms with Crippen LogP contribution in [0.25, 0.3) is 22.2 Å². The Morgan fingerprint density at radius 1 is 1.31 bits per heavy atom. The van der Waals surface area contributed by atoms with Gasteiger partial charge >= 0.3 is 0 Å². The summed E-state index contributed by atoms with van der Waals surface area (Å²) >= 11 is 0. The van der Waals surface area contributed by atoms with E-state index in [0.717, 1.165) is 24.2 Å². The third kappa shape index (κ3) is 3.13. The zero-order chi connectivity index (χ0) is 23.0. The molecule has 2 aliphatic rings. The molecule has 3 aromatic heterocycles. The minimum Gasteiger partial charge on any atom is -0.382 e. The van der Waals surface area contributed by atoms with E-state index < -0.39 is 14.6 Å². The summed E-state index contributed by atoms with van der Waals surface area (Å²) in [7, 11) is -1.30. The third-order valence-electron chi connectivity index (χ3n) is 7.02. The van der Waals surface area contributed by atoms with Gasteiger partial charge in [0.2, 0.25) is 0 Å². The number of H-pyrrole nitrogens is 1. The molecular weight excluding hydrogens is 430 g/mol. The Labute approximate surface area is 186 Å². The monoisotopic (exact) mass is 459 g/mol. The van der Waals surface area contributed by atoms with Crippen LogP contribution < -0.4 is 16.2 Å². The summed E-state index contributed by atoms with van der Waals surface area (Å²) in [5, 5.41) is 12.1. The lowest BCUT2D eigenvalue weighted by atomic mass is 10.1. The molecule has 1 atom stereocenters. The van der Waals surface area contributed by atoms with Crippen molar-refractivity contribution in [3.8, 4) is 11.3 Å². The first-order chi connectivity index (χ1) is 15.0. The molecule has 11 heteroatoms. The number of pyridine rings is 1. The number of hydrogen-bond donors (Lipinski definition) is 2. The Hall–Kier alpha value is -2.82. The van der Waals surface area contributed by atoms with Crippen LogP contribution in [0.2, 0.25) is 0 Å². The number of rotatable bonds is 4. The maximum atomic E-state index is 13.2. The molecule has 0 amide bonds. The highest BCUT2D eigenvalue weighted by Crippen LogP contribution is 2.40. The number of hydrogen-bond acceptors (Lipinski definition) is 7. The van der Waals surface area contributed by atoms with Crippen molar-refractivity contribution in [1.82, 2.24) is 24.5 Å². The molecule has 4 heterocycles. The first-order valence-electron chi connectivity index (χ1n) is 10.9. The molecule has 0 aromatic carbocycles. The average molecular weight is 460 g/mol. The first kappa shape index (κ1) is 21.0. The van der Waals surface area contributed by atoms with Crippen molar-refractivity contribution < 1.29 is 8.42 Å². The van der Waals surface area contributed by atoms with Crippen molar-refractivity contribution in [1.29, 1.82) is 0 Å². The molecular formula is C21H29N7O3S. The van der Waals surface area contributed by atoms with Crippen molar-refractivity contribution in [3.63, 3.8) is 0 Å². The van der Waals surface area contributed by atoms with Crippen LogP contribution in [-0.2, 0) is 16.9 Å². The number of sulfone groups is 1. The topological polar surface area (TPSA) is 132 Å². The van der Waals surface area contributed by atoms with Gasteiger partial charge in [0.25, 0.3) is 5.56 Å². The van der Waals surface area contributed by atoms with E-state index in [1.807, 2.05) is 19.3 Å². The van der Waals surface area contributed by atoms with E-state index >= 15 is 0 Å². The molecule has 0 radical (unpaired) electrons. The summed E-state index contributed by atoms with van der Waals surface area (Å²) in [6.45, 7) is 6.38. The van der Waals surface area contributed by atoms with Gasteiger partial charge in [0, 0.05) is 44.0 Å². The zero-order valence-electron chi connectivity index (χ0n) is 18.8. The van der Waals surface area contributed by atoms with Gasteiger partial charge in [-0.2, -0.15) is 10.2 Å². The highest BCUT2D eigenvalue weighted by molar-refractivity contribution is 7.92. The van der Waals surface area contributed by atoms with E-state index in [1.165, 1.54) is 0 Å². The highest BCUT2D eigenvalue weighted by atomic mass is 32.2. The van der Waals surface area contributed by atoms with Gasteiger partial charge in [-0.25, -0.2) is 8.42 Å². The van der Waals surface area contributed by atoms with Crippen LogP contribution in [0.1, 0.15) is 39.7 Å². The lowest BCUT2D eigenvalue weighted by molar-refractivity contribution is 0.474. The normalized spacial score (nSPS) is 21.2. The zero-order valence-corrected chi connectivity index (χ0v) is 19.6. The summed E-state index contributed by atoms with van der Waals surface area (Å²) in [6, 6.07) is 2.01. The second-order valence-electron chi connectivity index (χ2n) is 9.70. The van der Waals surface area contributed by atoms with Crippen LogP contribution in [0.4, 0.5) is 11.6 Å². The van der Waals surface area contributed by atoms with Gasteiger partial charge in [0.05, 0.1) is 21.7 Å². The molecule has 1 saturated heterocycles. The lowest BCUT2D eigenvalue weighted by Crippen LogP contribution is -2.53. The van der Waals surface area contributed by atoms with E-state index in [9.17, 15) is 13.2 Å². The Morgan fingerprint density at radius 3 is 2.69 bits per heavy atom. The Morgan fingerprint density at radius 2 is 2.03 bits per heavy atom. The smallest absolute Gasteiger partial charge is 0.264 e. The van der Waals surface area contributed by atoms with E-state index in [1.54, 1.807) is 23.1 Å². The van der Waals surface area contributed by atoms with Gasteiger partial charge in [-0.3, -0.25) is 14.6 Å². The number of nitrogens with zero attached hydrogens (tertiary/aromatic N) is 5. The second kappa shape index (κ2) is 6.84. The highest BCUT2D eigenvalue weighted by Gasteiger charge is 2.41. The number of aromatic amines is 1. The molecule has 3 N–H and O–H groups in total. The fourth-order valence-corrected chi connectivity index (χ4v) is 6.05. The molecule has 1 saturated carbocycles. The van der Waals surface area contributed by atoms with Crippen LogP contribution in [0.3, 0.4) is 0 Å². The number of nitrogens with one attached hydrogen (secondary N) is 1. The molecule has 1 aliphatic heterocycles. The maximum absolute atomic E-state index is 13.2. The largest absolute Gasteiger partial charge is 0.382 e. The molecule has 10 nitrogen and oxygen atoms in total. The summed E-state index contributed by atoms with van der Waals surface area (Å²) in [5.41, 5.74) is 7.90. The average Bonchev–Trinajstić information content (AvgIpc) is 3.40. The molecule has 1 unspecified atom stereocenters. The number of anilines is 2. The minimum absolute atomic E-state index is 0.0660. The number of fused-ring (bicyclic) bond motifs is 1. The van der Waals surface area contributed by atoms with Crippen LogP contribution in [0.5, 0.6) is 0 Å². The van der Waals surface area contributed by atoms with Gasteiger partial charge in [-0.05, 0) is 39.5 Å². The molecule has 0 spiro atoms. The van der Waals surface area contributed by atoms with Gasteiger partial charge in [0.15, 0.2) is 15.7 Å². The fraction of sp³-hybridized carbons (Fsp3) is 0.571. The summed E-state index contributed by atoms with van der Waals surface area (Å²) in [6.07, 6.45) is 4.08. The number of aryl methyl sites for hydroxylation is 1. The Kier molecular flexibility index (Phi) is 4.50. The van der Waals surface area contributed by atoms with Gasteiger partial charge < -0.3 is 15.2 Å². The van der Waals surface area contributed by atoms with Crippen molar-refractivity contribution >= 4 is 32.4 Å². The van der Waals surface area contributed by atoms with Crippen molar-refractivity contribution in [2.24, 2.45) is 13.0 Å². The molecule has 1 aliphatic carbocycles. The first-order valence-corrected chi connectivity index (χ1v) is 12.6. The van der Waals surface area contributed by atoms with E-state index in [-0.39, 0.29) is 23.2 Å². The minimum atomic E-state index is -3.14. The predicted octanol–water partition coefficient (Wildman–Crippen LogP) is 1.69. The summed E-state index contributed by atoms with van der Waals surface area (Å²) in [5.74, 6) is 1.60. The van der Waals surface area contributed by atoms with E-state index in [2.05, 4.69) is 22.0 Å². The molecule has 2 fully saturated rings. The summed E-state index contributed by atoms with van der Waals surface area (Å²) < 4.78 is 27.5. The number of aromatic nitrogens is 5. The van der Waals surface area contributed by atoms with Crippen LogP contribution >= 0.6 is 0 Å². The van der Waals surface area contributed by atoms with Gasteiger partial charge in [0.1, 0.15) is 11.2 Å². The van der Waals surface area contributed by atoms with Crippen molar-refractivity contribution in [3.05, 3.63) is 22.6 Å². The lowest BCUT2D eigenvalue weighted by Gasteiger charge is -2.38. The second-order valence-corrected chi connectivity index (χ2v) is 12.4. The van der Waals surface area contributed by atoms with Gasteiger partial charge in [-0.15, -0.1) is 0 Å². The fourth-order valence-electron chi connectivity index (χ4n) is 4.69. The molecule has 3 aromatic rings. The van der Waals surface area contributed by atoms with Crippen LogP contribution in [0, 0.1) is 5.92 Å². The quantitative estimate of drug-likeness (QED) is 0.607. The molecule has 172 valence electrons. The standard InChI is InChI=1S/C21H29N7O3S/c1-12(13-5-6-13)28-10-14(18-17(20(28)29)19(22)24-23-18)15-9-16(26(4)25-15)27-7-8-32(30,31)21(2,3)11-27/h9-10,12-13H,5-8,11H2,1-4H3,(H3,22,23,24). The molecule has 5 rings (SSSR count). The molecule has 32 heavy (non-hydrogen) atoms. The van der Waals surface area contributed by atoms with E-state index in [0.29, 0.717) is 35.6 Å². The Bertz CT molecular complexity index is 1380. The SMILES string of the molecule is CC(C1CC1)n1cc(-c2cc(N3CCS(=O)(=O)C(C)(C)C3)n(C)n2)c2[nH]nc(N)c2c1=O. The van der Waals surface area contributed by atoms with Crippen LogP contribution in [0.15, 0.2) is 17.1 Å². The van der Waals surface area contributed by atoms with Gasteiger partial charge in [-0.1, -0.05) is 0 Å². The number of nitrogens with two attached hydrogens (primary N) is 1. The molecule has 0 bridgehead atoms. The predicted molar refractivity (Wildman–Crippen MR) is 124 cm³/mol. The number of nitrogen functional groups attached to an aromatic ring is 1.